The number of phenols is 2. The van der Waals surface area contributed by atoms with E-state index < -0.39 is 0 Å². The summed E-state index contributed by atoms with van der Waals surface area (Å²) >= 11 is 0. The molecule has 2 aromatic rings. The van der Waals surface area contributed by atoms with Gasteiger partial charge in [-0.2, -0.15) is 0 Å². The van der Waals surface area contributed by atoms with E-state index in [1.54, 1.807) is 18.0 Å². The molecule has 1 aliphatic rings. The number of carbonyl (C=O) groups is 1. The molecule has 0 unspecified atom stereocenters. The van der Waals surface area contributed by atoms with E-state index in [9.17, 15) is 15.0 Å². The quantitative estimate of drug-likeness (QED) is 0.668. The Labute approximate surface area is 199 Å². The first-order chi connectivity index (χ1) is 15.7. The SMILES string of the molecule is CC.Cc1ccc(CN2CCN(C)CC2)cc1CN(C)C(=O)c1cc(C(C)C)c(O)cc1O. The number of benzene rings is 2. The van der Waals surface area contributed by atoms with Gasteiger partial charge in [0.05, 0.1) is 5.56 Å². The minimum Gasteiger partial charge on any atom is -0.508 e. The van der Waals surface area contributed by atoms with Gasteiger partial charge in [-0.25, -0.2) is 0 Å². The smallest absolute Gasteiger partial charge is 0.257 e. The summed E-state index contributed by atoms with van der Waals surface area (Å²) < 4.78 is 0. The van der Waals surface area contributed by atoms with Gasteiger partial charge in [0, 0.05) is 52.4 Å². The van der Waals surface area contributed by atoms with Gasteiger partial charge in [0.2, 0.25) is 0 Å². The predicted molar refractivity (Wildman–Crippen MR) is 135 cm³/mol. The lowest BCUT2D eigenvalue weighted by Gasteiger charge is -2.32. The van der Waals surface area contributed by atoms with Crippen molar-refractivity contribution in [3.63, 3.8) is 0 Å². The number of aromatic hydroxyl groups is 2. The van der Waals surface area contributed by atoms with Crippen LogP contribution in [0.5, 0.6) is 11.5 Å². The number of piperazine rings is 1. The zero-order valence-electron chi connectivity index (χ0n) is 21.4. The van der Waals surface area contributed by atoms with Crippen molar-refractivity contribution >= 4 is 5.91 Å². The van der Waals surface area contributed by atoms with Gasteiger partial charge < -0.3 is 20.0 Å². The summed E-state index contributed by atoms with van der Waals surface area (Å²) in [5.41, 5.74) is 4.36. The number of amides is 1. The van der Waals surface area contributed by atoms with Crippen molar-refractivity contribution in [1.82, 2.24) is 14.7 Å². The summed E-state index contributed by atoms with van der Waals surface area (Å²) in [5, 5.41) is 20.3. The first kappa shape index (κ1) is 26.7. The highest BCUT2D eigenvalue weighted by Gasteiger charge is 2.21. The summed E-state index contributed by atoms with van der Waals surface area (Å²) in [4.78, 5) is 19.5. The van der Waals surface area contributed by atoms with Crippen molar-refractivity contribution in [2.24, 2.45) is 0 Å². The Morgan fingerprint density at radius 2 is 1.67 bits per heavy atom. The number of nitrogens with zero attached hydrogens (tertiary/aromatic N) is 3. The average Bonchev–Trinajstić information content (AvgIpc) is 2.78. The lowest BCUT2D eigenvalue weighted by molar-refractivity contribution is 0.0781. The van der Waals surface area contributed by atoms with Crippen molar-refractivity contribution in [3.05, 3.63) is 58.1 Å². The summed E-state index contributed by atoms with van der Waals surface area (Å²) in [6.45, 7) is 15.6. The Hall–Kier alpha value is -2.57. The van der Waals surface area contributed by atoms with Crippen LogP contribution in [-0.2, 0) is 13.1 Å². The molecule has 6 heteroatoms. The maximum atomic E-state index is 13.1. The Kier molecular flexibility index (Phi) is 9.74. The topological polar surface area (TPSA) is 67.2 Å². The van der Waals surface area contributed by atoms with E-state index in [0.717, 1.165) is 43.9 Å². The molecular weight excluding hydrogens is 414 g/mol. The Balaban J connectivity index is 0.00000187. The molecule has 6 nitrogen and oxygen atoms in total. The fourth-order valence-electron chi connectivity index (χ4n) is 4.02. The maximum absolute atomic E-state index is 13.1. The van der Waals surface area contributed by atoms with Crippen LogP contribution in [0.15, 0.2) is 30.3 Å². The highest BCUT2D eigenvalue weighted by Crippen LogP contribution is 2.33. The van der Waals surface area contributed by atoms with Gasteiger partial charge >= 0.3 is 0 Å². The summed E-state index contributed by atoms with van der Waals surface area (Å²) in [5.74, 6) is -0.396. The van der Waals surface area contributed by atoms with Crippen LogP contribution in [0.25, 0.3) is 0 Å². The second-order valence-corrected chi connectivity index (χ2v) is 9.08. The van der Waals surface area contributed by atoms with Gasteiger partial charge in [0.15, 0.2) is 0 Å². The molecule has 2 aromatic carbocycles. The van der Waals surface area contributed by atoms with Crippen LogP contribution in [0.2, 0.25) is 0 Å². The predicted octanol–water partition coefficient (Wildman–Crippen LogP) is 4.58. The summed E-state index contributed by atoms with van der Waals surface area (Å²) in [6.07, 6.45) is 0. The lowest BCUT2D eigenvalue weighted by Crippen LogP contribution is -2.43. The largest absolute Gasteiger partial charge is 0.508 e. The average molecular weight is 456 g/mol. The first-order valence-corrected chi connectivity index (χ1v) is 12.0. The van der Waals surface area contributed by atoms with E-state index >= 15 is 0 Å². The van der Waals surface area contributed by atoms with Gasteiger partial charge in [-0.1, -0.05) is 45.9 Å². The molecule has 1 heterocycles. The van der Waals surface area contributed by atoms with Crippen LogP contribution < -0.4 is 0 Å². The van der Waals surface area contributed by atoms with E-state index in [0.29, 0.717) is 12.1 Å². The molecule has 33 heavy (non-hydrogen) atoms. The van der Waals surface area contributed by atoms with E-state index in [-0.39, 0.29) is 28.9 Å². The number of likely N-dealkylation sites (N-methyl/N-ethyl adjacent to an activating group) is 1. The molecule has 182 valence electrons. The van der Waals surface area contributed by atoms with Gasteiger partial charge in [-0.3, -0.25) is 9.69 Å². The minimum absolute atomic E-state index is 0.0131. The minimum atomic E-state index is -0.261. The molecular formula is C27H41N3O3. The third kappa shape index (κ3) is 6.95. The standard InChI is InChI=1S/C25H35N3O3.C2H6/c1-17(2)21-13-22(24(30)14-23(21)29)25(31)27(5)16-20-12-19(7-6-18(20)3)15-28-10-8-26(4)9-11-28;1-2/h6-7,12-14,17,29-30H,8-11,15-16H2,1-5H3;1-2H3. The molecule has 0 saturated carbocycles. The van der Waals surface area contributed by atoms with Crippen LogP contribution >= 0.6 is 0 Å². The molecule has 2 N–H and O–H groups in total. The second kappa shape index (κ2) is 12.1. The molecule has 1 amide bonds. The zero-order valence-corrected chi connectivity index (χ0v) is 21.4. The summed E-state index contributed by atoms with van der Waals surface area (Å²) in [6, 6.07) is 9.34. The zero-order chi connectivity index (χ0) is 24.7. The number of carbonyl (C=O) groups excluding carboxylic acids is 1. The van der Waals surface area contributed by atoms with Crippen molar-refractivity contribution in [1.29, 1.82) is 0 Å². The van der Waals surface area contributed by atoms with Gasteiger partial charge in [-0.15, -0.1) is 0 Å². The van der Waals surface area contributed by atoms with Crippen molar-refractivity contribution < 1.29 is 15.0 Å². The molecule has 0 radical (unpaired) electrons. The molecule has 0 spiro atoms. The summed E-state index contributed by atoms with van der Waals surface area (Å²) in [7, 11) is 3.90. The highest BCUT2D eigenvalue weighted by atomic mass is 16.3. The number of hydrogen-bond acceptors (Lipinski definition) is 5. The first-order valence-electron chi connectivity index (χ1n) is 12.0. The number of hydrogen-bond donors (Lipinski definition) is 2. The fourth-order valence-corrected chi connectivity index (χ4v) is 4.02. The van der Waals surface area contributed by atoms with Crippen molar-refractivity contribution in [2.45, 2.75) is 53.6 Å². The monoisotopic (exact) mass is 455 g/mol. The van der Waals surface area contributed by atoms with Crippen LogP contribution in [0.3, 0.4) is 0 Å². The van der Waals surface area contributed by atoms with Crippen LogP contribution in [0.1, 0.15) is 66.2 Å². The maximum Gasteiger partial charge on any atom is 0.257 e. The Morgan fingerprint density at radius 1 is 1.03 bits per heavy atom. The van der Waals surface area contributed by atoms with Crippen LogP contribution in [0.4, 0.5) is 0 Å². The number of rotatable bonds is 6. The van der Waals surface area contributed by atoms with Gasteiger partial charge in [-0.05, 0) is 48.2 Å². The number of aryl methyl sites for hydroxylation is 1. The van der Waals surface area contributed by atoms with Crippen LogP contribution in [-0.4, -0.2) is 71.1 Å². The second-order valence-electron chi connectivity index (χ2n) is 9.08. The molecule has 0 aromatic heterocycles. The Bertz CT molecular complexity index is 934. The third-order valence-corrected chi connectivity index (χ3v) is 6.17. The van der Waals surface area contributed by atoms with Crippen molar-refractivity contribution in [2.75, 3.05) is 40.3 Å². The molecule has 1 fully saturated rings. The molecule has 0 bridgehead atoms. The fraction of sp³-hybridized carbons (Fsp3) is 0.519. The highest BCUT2D eigenvalue weighted by molar-refractivity contribution is 5.97. The van der Waals surface area contributed by atoms with Crippen molar-refractivity contribution in [3.8, 4) is 11.5 Å². The molecule has 3 rings (SSSR count). The number of phenolic OH excluding ortho intramolecular Hbond substituents is 2. The normalized spacial score (nSPS) is 14.7. The molecule has 1 saturated heterocycles. The van der Waals surface area contributed by atoms with Gasteiger partial charge in [0.25, 0.3) is 5.91 Å². The van der Waals surface area contributed by atoms with E-state index in [1.165, 1.54) is 11.6 Å². The van der Waals surface area contributed by atoms with Crippen LogP contribution in [0, 0.1) is 6.92 Å². The molecule has 1 aliphatic heterocycles. The third-order valence-electron chi connectivity index (χ3n) is 6.17. The van der Waals surface area contributed by atoms with E-state index in [2.05, 4.69) is 42.0 Å². The van der Waals surface area contributed by atoms with E-state index in [1.807, 2.05) is 27.7 Å². The Morgan fingerprint density at radius 3 is 2.27 bits per heavy atom. The molecule has 0 atom stereocenters. The van der Waals surface area contributed by atoms with Gasteiger partial charge in [0.1, 0.15) is 11.5 Å². The van der Waals surface area contributed by atoms with E-state index in [4.69, 9.17) is 0 Å². The molecule has 0 aliphatic carbocycles. The lowest BCUT2D eigenvalue weighted by atomic mass is 9.98.